The lowest BCUT2D eigenvalue weighted by Gasteiger charge is -2.48. The summed E-state index contributed by atoms with van der Waals surface area (Å²) in [4.78, 5) is 15.2. The number of likely N-dealkylation sites (tertiary alicyclic amines) is 1. The Morgan fingerprint density at radius 3 is 2.52 bits per heavy atom. The number of carbonyl (C=O) groups is 1. The summed E-state index contributed by atoms with van der Waals surface area (Å²) in [5, 5.41) is 3.20. The summed E-state index contributed by atoms with van der Waals surface area (Å²) >= 11 is 0. The van der Waals surface area contributed by atoms with Crippen LogP contribution < -0.4 is 5.32 Å². The molecule has 2 fully saturated rings. The topological polar surface area (TPSA) is 46.5 Å². The van der Waals surface area contributed by atoms with E-state index in [1.54, 1.807) is 0 Å². The molecule has 0 unspecified atom stereocenters. The molecule has 3 heterocycles. The number of nitrogens with one attached hydrogen (secondary N) is 1. The number of hydrogen-bond acceptors (Lipinski definition) is 3. The van der Waals surface area contributed by atoms with Crippen LogP contribution >= 0.6 is 0 Å². The number of hydrogen-bond donors (Lipinski definition) is 1. The van der Waals surface area contributed by atoms with Gasteiger partial charge < -0.3 is 14.6 Å². The molecular weight excluding hydrogens is 290 g/mol. The lowest BCUT2D eigenvalue weighted by molar-refractivity contribution is -0.0349. The summed E-state index contributed by atoms with van der Waals surface area (Å²) in [6.07, 6.45) is 5.90. The Hall–Kier alpha value is -1.33. The van der Waals surface area contributed by atoms with Gasteiger partial charge in [-0.05, 0) is 57.8 Å². The quantitative estimate of drug-likeness (QED) is 0.924. The molecule has 0 spiro atoms. The zero-order valence-corrected chi connectivity index (χ0v) is 14.4. The number of rotatable bonds is 4. The second-order valence-corrected chi connectivity index (χ2v) is 6.99. The minimum atomic E-state index is 0.0310. The van der Waals surface area contributed by atoms with E-state index in [0.29, 0.717) is 0 Å². The third-order valence-electron chi connectivity index (χ3n) is 5.63. The minimum absolute atomic E-state index is 0.0310. The van der Waals surface area contributed by atoms with Crippen LogP contribution in [0, 0.1) is 6.92 Å². The van der Waals surface area contributed by atoms with E-state index in [0.717, 1.165) is 57.1 Å². The van der Waals surface area contributed by atoms with Gasteiger partial charge in [-0.2, -0.15) is 0 Å². The van der Waals surface area contributed by atoms with Crippen molar-refractivity contribution in [2.24, 2.45) is 7.05 Å². The molecule has 1 N–H and O–H groups in total. The van der Waals surface area contributed by atoms with E-state index in [9.17, 15) is 4.79 Å². The molecule has 0 aromatic carbocycles. The highest BCUT2D eigenvalue weighted by Gasteiger charge is 2.39. The van der Waals surface area contributed by atoms with Crippen LogP contribution in [0.5, 0.6) is 0 Å². The Kier molecular flexibility index (Phi) is 5.07. The normalized spacial score (nSPS) is 22.0. The fourth-order valence-electron chi connectivity index (χ4n) is 3.90. The van der Waals surface area contributed by atoms with E-state index < -0.39 is 0 Å². The van der Waals surface area contributed by atoms with Crippen molar-refractivity contribution in [2.75, 3.05) is 32.8 Å². The summed E-state index contributed by atoms with van der Waals surface area (Å²) in [6.45, 7) is 6.65. The van der Waals surface area contributed by atoms with Gasteiger partial charge in [-0.1, -0.05) is 6.42 Å². The van der Waals surface area contributed by atoms with Crippen LogP contribution in [0.25, 0.3) is 0 Å². The highest BCUT2D eigenvalue weighted by atomic mass is 16.5. The number of aryl methyl sites for hydroxylation is 1. The standard InChI is InChI=1S/C18H29N3O2/c1-15-6-7-16(20(15)2)17(22)19-14-18(8-12-23-13-9-18)21-10-4-3-5-11-21/h6-7H,3-5,8-14H2,1-2H3,(H,19,22). The predicted octanol–water partition coefficient (Wildman–Crippen LogP) is 2.10. The van der Waals surface area contributed by atoms with Gasteiger partial charge in [0.25, 0.3) is 5.91 Å². The minimum Gasteiger partial charge on any atom is -0.381 e. The second kappa shape index (κ2) is 7.05. The van der Waals surface area contributed by atoms with Crippen molar-refractivity contribution in [1.29, 1.82) is 0 Å². The van der Waals surface area contributed by atoms with Crippen molar-refractivity contribution in [1.82, 2.24) is 14.8 Å². The summed E-state index contributed by atoms with van der Waals surface area (Å²) < 4.78 is 7.54. The third-order valence-corrected chi connectivity index (χ3v) is 5.63. The van der Waals surface area contributed by atoms with Crippen LogP contribution in [0.2, 0.25) is 0 Å². The fraction of sp³-hybridized carbons (Fsp3) is 0.722. The predicted molar refractivity (Wildman–Crippen MR) is 90.7 cm³/mol. The molecule has 2 saturated heterocycles. The van der Waals surface area contributed by atoms with Crippen LogP contribution in [0.15, 0.2) is 12.1 Å². The van der Waals surface area contributed by atoms with E-state index in [4.69, 9.17) is 4.74 Å². The number of piperidine rings is 1. The maximum absolute atomic E-state index is 12.6. The maximum Gasteiger partial charge on any atom is 0.267 e. The number of carbonyl (C=O) groups excluding carboxylic acids is 1. The molecule has 1 aromatic heterocycles. The van der Waals surface area contributed by atoms with Gasteiger partial charge in [0.1, 0.15) is 5.69 Å². The average molecular weight is 319 g/mol. The van der Waals surface area contributed by atoms with Gasteiger partial charge in [0.05, 0.1) is 0 Å². The van der Waals surface area contributed by atoms with E-state index >= 15 is 0 Å². The third kappa shape index (κ3) is 3.45. The maximum atomic E-state index is 12.6. The first-order valence-electron chi connectivity index (χ1n) is 8.86. The van der Waals surface area contributed by atoms with Crippen LogP contribution in [-0.2, 0) is 11.8 Å². The van der Waals surface area contributed by atoms with E-state index in [1.807, 2.05) is 30.7 Å². The van der Waals surface area contributed by atoms with Crippen molar-refractivity contribution in [2.45, 2.75) is 44.6 Å². The summed E-state index contributed by atoms with van der Waals surface area (Å²) in [5.41, 5.74) is 1.92. The lowest BCUT2D eigenvalue weighted by Crippen LogP contribution is -2.59. The first-order chi connectivity index (χ1) is 11.1. The Labute approximate surface area is 139 Å². The smallest absolute Gasteiger partial charge is 0.267 e. The molecule has 0 saturated carbocycles. The van der Waals surface area contributed by atoms with Gasteiger partial charge in [-0.25, -0.2) is 0 Å². The van der Waals surface area contributed by atoms with Gasteiger partial charge in [-0.3, -0.25) is 9.69 Å². The Bertz CT molecular complexity index is 540. The first kappa shape index (κ1) is 16.5. The molecule has 0 aliphatic carbocycles. The molecular formula is C18H29N3O2. The molecule has 23 heavy (non-hydrogen) atoms. The molecule has 0 radical (unpaired) electrons. The Morgan fingerprint density at radius 2 is 1.91 bits per heavy atom. The van der Waals surface area contributed by atoms with Crippen LogP contribution in [0.3, 0.4) is 0 Å². The Morgan fingerprint density at radius 1 is 1.22 bits per heavy atom. The van der Waals surface area contributed by atoms with Crippen LogP contribution in [0.4, 0.5) is 0 Å². The fourth-order valence-corrected chi connectivity index (χ4v) is 3.90. The molecule has 0 bridgehead atoms. The number of aromatic nitrogens is 1. The summed E-state index contributed by atoms with van der Waals surface area (Å²) in [7, 11) is 1.94. The molecule has 1 amide bonds. The molecule has 0 atom stereocenters. The van der Waals surface area contributed by atoms with Gasteiger partial charge in [0, 0.05) is 38.0 Å². The van der Waals surface area contributed by atoms with Gasteiger partial charge in [0.15, 0.2) is 0 Å². The van der Waals surface area contributed by atoms with Gasteiger partial charge >= 0.3 is 0 Å². The van der Waals surface area contributed by atoms with Crippen molar-refractivity contribution in [3.8, 4) is 0 Å². The van der Waals surface area contributed by atoms with Crippen molar-refractivity contribution >= 4 is 5.91 Å². The van der Waals surface area contributed by atoms with Crippen molar-refractivity contribution in [3.63, 3.8) is 0 Å². The molecule has 1 aromatic rings. The second-order valence-electron chi connectivity index (χ2n) is 6.99. The zero-order valence-electron chi connectivity index (χ0n) is 14.4. The molecule has 3 rings (SSSR count). The average Bonchev–Trinajstić information content (AvgIpc) is 2.94. The highest BCUT2D eigenvalue weighted by Crippen LogP contribution is 2.30. The van der Waals surface area contributed by atoms with Crippen molar-refractivity contribution in [3.05, 3.63) is 23.5 Å². The molecule has 2 aliphatic rings. The first-order valence-corrected chi connectivity index (χ1v) is 8.86. The monoisotopic (exact) mass is 319 g/mol. The summed E-state index contributed by atoms with van der Waals surface area (Å²) in [5.74, 6) is 0.0310. The Balaban J connectivity index is 1.68. The van der Waals surface area contributed by atoms with E-state index in [-0.39, 0.29) is 11.4 Å². The number of amides is 1. The lowest BCUT2D eigenvalue weighted by atomic mass is 9.86. The summed E-state index contributed by atoms with van der Waals surface area (Å²) in [6, 6.07) is 3.89. The van der Waals surface area contributed by atoms with Crippen molar-refractivity contribution < 1.29 is 9.53 Å². The SMILES string of the molecule is Cc1ccc(C(=O)NCC2(N3CCCCC3)CCOCC2)n1C. The zero-order chi connectivity index (χ0) is 16.3. The van der Waals surface area contributed by atoms with Gasteiger partial charge in [-0.15, -0.1) is 0 Å². The van der Waals surface area contributed by atoms with Gasteiger partial charge in [0.2, 0.25) is 0 Å². The molecule has 5 nitrogen and oxygen atoms in total. The number of nitrogens with zero attached hydrogens (tertiary/aromatic N) is 2. The molecule has 2 aliphatic heterocycles. The largest absolute Gasteiger partial charge is 0.381 e. The highest BCUT2D eigenvalue weighted by molar-refractivity contribution is 5.92. The molecule has 128 valence electrons. The van der Waals surface area contributed by atoms with Crippen LogP contribution in [0.1, 0.15) is 48.3 Å². The van der Waals surface area contributed by atoms with E-state index in [1.165, 1.54) is 19.3 Å². The van der Waals surface area contributed by atoms with Crippen LogP contribution in [-0.4, -0.2) is 53.8 Å². The number of ether oxygens (including phenoxy) is 1. The van der Waals surface area contributed by atoms with E-state index in [2.05, 4.69) is 10.2 Å². The molecule has 5 heteroatoms.